The number of carbonyl (C=O) groups is 1. The molecule has 2 N–H and O–H groups in total. The minimum atomic E-state index is -4.03. The molecule has 7 nitrogen and oxygen atoms in total. The van der Waals surface area contributed by atoms with Gasteiger partial charge in [-0.15, -0.1) is 0 Å². The molecule has 1 fully saturated rings. The number of hydrogen-bond donors (Lipinski definition) is 2. The quantitative estimate of drug-likeness (QED) is 0.776. The van der Waals surface area contributed by atoms with E-state index in [1.165, 1.54) is 24.3 Å². The summed E-state index contributed by atoms with van der Waals surface area (Å²) in [5.41, 5.74) is -1.64. The first-order valence-electron chi connectivity index (χ1n) is 7.69. The molecule has 0 radical (unpaired) electrons. The van der Waals surface area contributed by atoms with Crippen LogP contribution in [0.15, 0.2) is 53.4 Å². The molecule has 1 unspecified atom stereocenters. The highest BCUT2D eigenvalue weighted by Crippen LogP contribution is 2.26. The molecule has 9 heteroatoms. The molecule has 0 bridgehead atoms. The highest BCUT2D eigenvalue weighted by Gasteiger charge is 2.46. The van der Waals surface area contributed by atoms with E-state index in [9.17, 15) is 18.3 Å². The van der Waals surface area contributed by atoms with Crippen molar-refractivity contribution < 1.29 is 27.8 Å². The van der Waals surface area contributed by atoms with Gasteiger partial charge in [0, 0.05) is 18.1 Å². The summed E-state index contributed by atoms with van der Waals surface area (Å²) in [5, 5.41) is 9.94. The van der Waals surface area contributed by atoms with Gasteiger partial charge >= 0.3 is 5.97 Å². The summed E-state index contributed by atoms with van der Waals surface area (Å²) in [6.45, 7) is -0.0258. The number of rotatable bonds is 6. The molecule has 0 saturated carbocycles. The van der Waals surface area contributed by atoms with Gasteiger partial charge in [-0.3, -0.25) is 4.79 Å². The Hall–Kier alpha value is -2.13. The average molecular weight is 398 g/mol. The van der Waals surface area contributed by atoms with Crippen LogP contribution in [0.1, 0.15) is 6.42 Å². The SMILES string of the molecule is O=C(O)C1(NS(=O)(=O)c2ccc(Oc3ccc(Cl)cc3)cc2)CCOC1. The van der Waals surface area contributed by atoms with Gasteiger partial charge in [-0.1, -0.05) is 11.6 Å². The Labute approximate surface area is 155 Å². The Morgan fingerprint density at radius 1 is 1.12 bits per heavy atom. The number of halogens is 1. The van der Waals surface area contributed by atoms with Crippen molar-refractivity contribution in [2.24, 2.45) is 0 Å². The molecule has 0 amide bonds. The number of carboxylic acid groups (broad SMARTS) is 1. The predicted molar refractivity (Wildman–Crippen MR) is 94.1 cm³/mol. The van der Waals surface area contributed by atoms with Gasteiger partial charge in [0.15, 0.2) is 5.54 Å². The first kappa shape index (κ1) is 18.7. The predicted octanol–water partition coefficient (Wildman–Crippen LogP) is 2.65. The van der Waals surface area contributed by atoms with Crippen LogP contribution in [-0.4, -0.2) is 38.2 Å². The largest absolute Gasteiger partial charge is 0.480 e. The maximum absolute atomic E-state index is 12.5. The summed E-state index contributed by atoms with van der Waals surface area (Å²) in [4.78, 5) is 11.4. The third-order valence-corrected chi connectivity index (χ3v) is 5.75. The standard InChI is InChI=1S/C17H16ClNO6S/c18-12-1-3-13(4-2-12)25-14-5-7-15(8-6-14)26(22,23)19-17(16(20)21)9-10-24-11-17/h1-8,19H,9-11H2,(H,20,21). The molecule has 1 saturated heterocycles. The second kappa shape index (κ2) is 7.24. The molecule has 1 atom stereocenters. The summed E-state index contributed by atoms with van der Waals surface area (Å²) >= 11 is 5.81. The Morgan fingerprint density at radius 2 is 1.69 bits per heavy atom. The minimum Gasteiger partial charge on any atom is -0.480 e. The normalized spacial score (nSPS) is 20.0. The van der Waals surface area contributed by atoms with Crippen molar-refractivity contribution in [2.45, 2.75) is 16.9 Å². The summed E-state index contributed by atoms with van der Waals surface area (Å²) in [6, 6.07) is 12.4. The van der Waals surface area contributed by atoms with Crippen LogP contribution >= 0.6 is 11.6 Å². The van der Waals surface area contributed by atoms with Gasteiger partial charge in [0.05, 0.1) is 11.5 Å². The van der Waals surface area contributed by atoms with Crippen LogP contribution in [0, 0.1) is 0 Å². The second-order valence-corrected chi connectivity index (χ2v) is 7.94. The lowest BCUT2D eigenvalue weighted by atomic mass is 10.0. The lowest BCUT2D eigenvalue weighted by Gasteiger charge is -2.23. The monoisotopic (exact) mass is 397 g/mol. The van der Waals surface area contributed by atoms with Crippen molar-refractivity contribution in [3.05, 3.63) is 53.6 Å². The van der Waals surface area contributed by atoms with Gasteiger partial charge in [0.2, 0.25) is 10.0 Å². The van der Waals surface area contributed by atoms with Crippen LogP contribution in [0.5, 0.6) is 11.5 Å². The zero-order valence-corrected chi connectivity index (χ0v) is 15.1. The van der Waals surface area contributed by atoms with Gasteiger partial charge < -0.3 is 14.6 Å². The van der Waals surface area contributed by atoms with Crippen LogP contribution in [-0.2, 0) is 19.6 Å². The van der Waals surface area contributed by atoms with Gasteiger partial charge in [-0.05, 0) is 48.5 Å². The van der Waals surface area contributed by atoms with E-state index in [0.717, 1.165) is 0 Å². The van der Waals surface area contributed by atoms with Crippen molar-refractivity contribution in [2.75, 3.05) is 13.2 Å². The van der Waals surface area contributed by atoms with E-state index in [1.54, 1.807) is 24.3 Å². The van der Waals surface area contributed by atoms with Crippen LogP contribution in [0.4, 0.5) is 0 Å². The summed E-state index contributed by atoms with van der Waals surface area (Å²) < 4.78 is 38.0. The number of benzene rings is 2. The number of aliphatic carboxylic acids is 1. The second-order valence-electron chi connectivity index (χ2n) is 5.82. The zero-order valence-electron chi connectivity index (χ0n) is 13.5. The molecule has 2 aromatic carbocycles. The minimum absolute atomic E-state index is 0.0616. The van der Waals surface area contributed by atoms with Crippen molar-refractivity contribution in [1.82, 2.24) is 4.72 Å². The van der Waals surface area contributed by atoms with E-state index in [0.29, 0.717) is 16.5 Å². The average Bonchev–Trinajstić information content (AvgIpc) is 3.07. The number of ether oxygens (including phenoxy) is 2. The van der Waals surface area contributed by atoms with E-state index in [4.69, 9.17) is 21.1 Å². The molecule has 138 valence electrons. The topological polar surface area (TPSA) is 102 Å². The molecule has 1 aliphatic rings. The number of sulfonamides is 1. The highest BCUT2D eigenvalue weighted by molar-refractivity contribution is 7.89. The zero-order chi connectivity index (χ0) is 18.8. The van der Waals surface area contributed by atoms with Crippen molar-refractivity contribution in [3.63, 3.8) is 0 Å². The molecule has 1 aliphatic heterocycles. The lowest BCUT2D eigenvalue weighted by Crippen LogP contribution is -2.54. The third-order valence-electron chi connectivity index (χ3n) is 3.94. The number of carboxylic acids is 1. The molecule has 26 heavy (non-hydrogen) atoms. The molecule has 3 rings (SSSR count). The molecule has 0 aromatic heterocycles. The first-order chi connectivity index (χ1) is 12.3. The molecular formula is C17H16ClNO6S. The fraction of sp³-hybridized carbons (Fsp3) is 0.235. The Kier molecular flexibility index (Phi) is 5.19. The van der Waals surface area contributed by atoms with Gasteiger partial charge in [-0.2, -0.15) is 4.72 Å². The van der Waals surface area contributed by atoms with Crippen LogP contribution < -0.4 is 9.46 Å². The Balaban J connectivity index is 1.76. The smallest absolute Gasteiger partial charge is 0.327 e. The highest BCUT2D eigenvalue weighted by atomic mass is 35.5. The van der Waals surface area contributed by atoms with E-state index < -0.39 is 21.5 Å². The van der Waals surface area contributed by atoms with Gasteiger partial charge in [-0.25, -0.2) is 8.42 Å². The van der Waals surface area contributed by atoms with E-state index in [-0.39, 0.29) is 24.5 Å². The number of nitrogens with one attached hydrogen (secondary N) is 1. The summed E-state index contributed by atoms with van der Waals surface area (Å²) in [5.74, 6) is -0.277. The van der Waals surface area contributed by atoms with Gasteiger partial charge in [0.25, 0.3) is 0 Å². The van der Waals surface area contributed by atoms with E-state index in [2.05, 4.69) is 4.72 Å². The summed E-state index contributed by atoms with van der Waals surface area (Å²) in [6.07, 6.45) is 0.0688. The summed E-state index contributed by atoms with van der Waals surface area (Å²) in [7, 11) is -4.03. The van der Waals surface area contributed by atoms with E-state index in [1.807, 2.05) is 0 Å². The third kappa shape index (κ3) is 3.99. The Morgan fingerprint density at radius 3 is 2.19 bits per heavy atom. The molecule has 0 spiro atoms. The maximum Gasteiger partial charge on any atom is 0.327 e. The molecule has 1 heterocycles. The van der Waals surface area contributed by atoms with Crippen molar-refractivity contribution in [3.8, 4) is 11.5 Å². The molecular weight excluding hydrogens is 382 g/mol. The fourth-order valence-corrected chi connectivity index (χ4v) is 4.00. The first-order valence-corrected chi connectivity index (χ1v) is 9.55. The fourth-order valence-electron chi connectivity index (χ4n) is 2.50. The van der Waals surface area contributed by atoms with Crippen LogP contribution in [0.3, 0.4) is 0 Å². The van der Waals surface area contributed by atoms with Crippen molar-refractivity contribution in [1.29, 1.82) is 0 Å². The molecule has 2 aromatic rings. The lowest BCUT2D eigenvalue weighted by molar-refractivity contribution is -0.144. The van der Waals surface area contributed by atoms with Crippen LogP contribution in [0.25, 0.3) is 0 Å². The number of hydrogen-bond acceptors (Lipinski definition) is 5. The van der Waals surface area contributed by atoms with Crippen LogP contribution in [0.2, 0.25) is 5.02 Å². The van der Waals surface area contributed by atoms with Crippen molar-refractivity contribution >= 4 is 27.6 Å². The molecule has 0 aliphatic carbocycles. The Bertz CT molecular complexity index is 890. The van der Waals surface area contributed by atoms with E-state index >= 15 is 0 Å². The maximum atomic E-state index is 12.5. The van der Waals surface area contributed by atoms with Gasteiger partial charge in [0.1, 0.15) is 11.5 Å².